The van der Waals surface area contributed by atoms with Gasteiger partial charge in [0.2, 0.25) is 17.5 Å². The summed E-state index contributed by atoms with van der Waals surface area (Å²) < 4.78 is 42.6. The van der Waals surface area contributed by atoms with Crippen molar-refractivity contribution in [1.82, 2.24) is 19.6 Å². The smallest absolute Gasteiger partial charge is 0.392 e. The van der Waals surface area contributed by atoms with Crippen molar-refractivity contribution in [2.45, 2.75) is 102 Å². The number of carbonyl (C=O) groups excluding carboxylic acids is 4. The van der Waals surface area contributed by atoms with Gasteiger partial charge < -0.3 is 24.8 Å². The minimum absolute atomic E-state index is 0.0484. The summed E-state index contributed by atoms with van der Waals surface area (Å²) in [5.74, 6) is -3.63. The van der Waals surface area contributed by atoms with Gasteiger partial charge in [-0.25, -0.2) is 22.2 Å². The monoisotopic (exact) mass is 648 g/mol. The van der Waals surface area contributed by atoms with E-state index in [0.717, 1.165) is 48.0 Å². The number of hydrogen-bond acceptors (Lipinski definition) is 10. The van der Waals surface area contributed by atoms with Crippen molar-refractivity contribution in [1.29, 1.82) is 0 Å². The second-order valence-corrected chi connectivity index (χ2v) is 13.3. The Morgan fingerprint density at radius 1 is 1.02 bits per heavy atom. The maximum atomic E-state index is 13.7. The van der Waals surface area contributed by atoms with Crippen molar-refractivity contribution >= 4 is 33.6 Å². The minimum atomic E-state index is -3.98. The topological polar surface area (TPSA) is 172 Å². The molecule has 1 fully saturated rings. The predicted molar refractivity (Wildman–Crippen MR) is 164 cm³/mol. The highest BCUT2D eigenvalue weighted by molar-refractivity contribution is 7.90. The zero-order chi connectivity index (χ0) is 33.2. The molecule has 0 radical (unpaired) electrons. The number of hydrogen-bond donors (Lipinski definition) is 2. The fraction of sp³-hybridized carbons (Fsp3) is 0.581. The third-order valence-electron chi connectivity index (χ3n) is 7.93. The molecule has 0 bridgehead atoms. The normalized spacial score (nSPS) is 15.6. The molecule has 2 atom stereocenters. The summed E-state index contributed by atoms with van der Waals surface area (Å²) in [5.41, 5.74) is 1.05. The number of Topliss-reactive ketones (excluding diaryl/α,β-unsaturated/α-hetero) is 2. The fourth-order valence-electron chi connectivity index (χ4n) is 5.14. The second-order valence-electron chi connectivity index (χ2n) is 11.4. The van der Waals surface area contributed by atoms with Crippen molar-refractivity contribution in [3.8, 4) is 0 Å². The van der Waals surface area contributed by atoms with Gasteiger partial charge in [-0.15, -0.1) is 0 Å². The Labute approximate surface area is 264 Å². The first-order valence-electron chi connectivity index (χ1n) is 15.1. The third kappa shape index (κ3) is 9.93. The number of amides is 2. The van der Waals surface area contributed by atoms with Gasteiger partial charge in [0.1, 0.15) is 12.4 Å². The molecule has 248 valence electrons. The first kappa shape index (κ1) is 35.9. The molecular weight excluding hydrogens is 604 g/mol. The number of nitrogens with zero attached hydrogens (tertiary/aromatic N) is 2. The molecule has 2 amide bonds. The van der Waals surface area contributed by atoms with Crippen molar-refractivity contribution in [2.75, 3.05) is 14.2 Å². The van der Waals surface area contributed by atoms with Gasteiger partial charge in [-0.3, -0.25) is 14.4 Å². The molecule has 1 heterocycles. The number of alkyl carbamates (subject to hydrolysis) is 1. The van der Waals surface area contributed by atoms with Crippen molar-refractivity contribution in [2.24, 2.45) is 5.92 Å². The van der Waals surface area contributed by atoms with E-state index >= 15 is 0 Å². The summed E-state index contributed by atoms with van der Waals surface area (Å²) in [6, 6.07) is 3.84. The number of rotatable bonds is 16. The van der Waals surface area contributed by atoms with Crippen LogP contribution in [0.15, 0.2) is 41.7 Å². The second kappa shape index (κ2) is 16.1. The highest BCUT2D eigenvalue weighted by Crippen LogP contribution is 2.28. The molecule has 2 N–H and O–H groups in total. The van der Waals surface area contributed by atoms with Crippen LogP contribution in [0, 0.1) is 12.8 Å². The van der Waals surface area contributed by atoms with Gasteiger partial charge >= 0.3 is 12.1 Å². The Bertz CT molecular complexity index is 1430. The summed E-state index contributed by atoms with van der Waals surface area (Å²) in [5, 5.41) is 5.14. The quantitative estimate of drug-likeness (QED) is 0.203. The molecule has 3 rings (SSSR count). The van der Waals surface area contributed by atoms with Crippen LogP contribution >= 0.6 is 0 Å². The molecule has 0 spiro atoms. The zero-order valence-corrected chi connectivity index (χ0v) is 27.4. The van der Waals surface area contributed by atoms with Crippen molar-refractivity contribution in [3.05, 3.63) is 48.0 Å². The van der Waals surface area contributed by atoms with E-state index in [1.807, 2.05) is 6.92 Å². The molecule has 13 nitrogen and oxygen atoms in total. The van der Waals surface area contributed by atoms with E-state index in [0.29, 0.717) is 12.8 Å². The number of methoxy groups -OCH3 is 2. The summed E-state index contributed by atoms with van der Waals surface area (Å²) in [7, 11) is -1.46. The molecule has 1 aromatic carbocycles. The molecule has 0 aliphatic heterocycles. The van der Waals surface area contributed by atoms with Gasteiger partial charge in [0.05, 0.1) is 16.6 Å². The molecule has 1 aliphatic carbocycles. The van der Waals surface area contributed by atoms with E-state index in [1.54, 1.807) is 19.1 Å². The summed E-state index contributed by atoms with van der Waals surface area (Å²) >= 11 is 0. The van der Waals surface area contributed by atoms with Crippen LogP contribution in [0.2, 0.25) is 0 Å². The van der Waals surface area contributed by atoms with E-state index in [1.165, 1.54) is 39.5 Å². The molecule has 1 saturated carbocycles. The van der Waals surface area contributed by atoms with E-state index < -0.39 is 51.6 Å². The number of imidazole rings is 1. The highest BCUT2D eigenvalue weighted by atomic mass is 32.2. The Morgan fingerprint density at radius 2 is 1.67 bits per heavy atom. The van der Waals surface area contributed by atoms with Crippen LogP contribution in [0.5, 0.6) is 0 Å². The van der Waals surface area contributed by atoms with E-state index in [-0.39, 0.29) is 29.3 Å². The van der Waals surface area contributed by atoms with E-state index in [9.17, 15) is 27.6 Å². The maximum Gasteiger partial charge on any atom is 0.412 e. The van der Waals surface area contributed by atoms with Gasteiger partial charge in [0, 0.05) is 40.2 Å². The van der Waals surface area contributed by atoms with E-state index in [2.05, 4.69) is 15.6 Å². The van der Waals surface area contributed by atoms with Gasteiger partial charge in [-0.1, -0.05) is 56.7 Å². The van der Waals surface area contributed by atoms with Crippen LogP contribution in [0.3, 0.4) is 0 Å². The van der Waals surface area contributed by atoms with Crippen LogP contribution in [0.25, 0.3) is 0 Å². The number of ether oxygens (including phenoxy) is 3. The largest absolute Gasteiger partial charge is 0.412 e. The van der Waals surface area contributed by atoms with Crippen LogP contribution in [-0.2, 0) is 45.0 Å². The SMILES string of the molecule is CCCC(=O)C(=O)[C@H](CC1CCCCC1)NC(=O)[C@H](Cc1cn(S(=O)(=O)c2ccc(C)cc2)cn1)NC(=O)OC(C)(OC)OC. The Morgan fingerprint density at radius 3 is 2.27 bits per heavy atom. The number of aromatic nitrogens is 2. The van der Waals surface area contributed by atoms with Gasteiger partial charge in [-0.05, 0) is 37.8 Å². The molecule has 14 heteroatoms. The lowest BCUT2D eigenvalue weighted by molar-refractivity contribution is -0.322. The lowest BCUT2D eigenvalue weighted by atomic mass is 9.83. The van der Waals surface area contributed by atoms with Gasteiger partial charge in [-0.2, -0.15) is 0 Å². The molecule has 1 aromatic heterocycles. The van der Waals surface area contributed by atoms with Crippen LogP contribution in [0.4, 0.5) is 4.79 Å². The molecular formula is C31H44N4O9S. The number of benzene rings is 1. The number of aryl methyl sites for hydroxylation is 1. The van der Waals surface area contributed by atoms with Crippen LogP contribution < -0.4 is 10.6 Å². The van der Waals surface area contributed by atoms with Gasteiger partial charge in [0.15, 0.2) is 0 Å². The molecule has 2 aromatic rings. The minimum Gasteiger partial charge on any atom is -0.392 e. The Kier molecular flexibility index (Phi) is 12.8. The molecule has 0 unspecified atom stereocenters. The third-order valence-corrected chi connectivity index (χ3v) is 9.55. The fourth-order valence-corrected chi connectivity index (χ4v) is 6.30. The van der Waals surface area contributed by atoms with Crippen molar-refractivity contribution < 1.29 is 41.8 Å². The lowest BCUT2D eigenvalue weighted by Gasteiger charge is -2.29. The van der Waals surface area contributed by atoms with Gasteiger partial charge in [0.25, 0.3) is 10.0 Å². The van der Waals surface area contributed by atoms with Crippen LogP contribution in [-0.4, -0.2) is 73.2 Å². The van der Waals surface area contributed by atoms with Crippen molar-refractivity contribution in [3.63, 3.8) is 0 Å². The first-order chi connectivity index (χ1) is 21.3. The summed E-state index contributed by atoms with van der Waals surface area (Å²) in [4.78, 5) is 56.6. The van der Waals surface area contributed by atoms with Crippen LogP contribution in [0.1, 0.15) is 76.5 Å². The van der Waals surface area contributed by atoms with E-state index in [4.69, 9.17) is 14.2 Å². The summed E-state index contributed by atoms with van der Waals surface area (Å²) in [6.07, 6.45) is 6.71. The first-order valence-corrected chi connectivity index (χ1v) is 16.6. The Balaban J connectivity index is 1.88. The average molecular weight is 649 g/mol. The summed E-state index contributed by atoms with van der Waals surface area (Å²) in [6.45, 7) is 4.97. The molecule has 45 heavy (non-hydrogen) atoms. The predicted octanol–water partition coefficient (Wildman–Crippen LogP) is 3.43. The highest BCUT2D eigenvalue weighted by Gasteiger charge is 2.35. The number of carbonyl (C=O) groups is 4. The lowest BCUT2D eigenvalue weighted by Crippen LogP contribution is -2.55. The Hall–Kier alpha value is -3.62. The maximum absolute atomic E-state index is 13.7. The molecule has 1 aliphatic rings. The average Bonchev–Trinajstić information content (AvgIpc) is 3.50. The molecule has 0 saturated heterocycles. The number of ketones is 2. The zero-order valence-electron chi connectivity index (χ0n) is 26.5. The number of nitrogens with one attached hydrogen (secondary N) is 2. The standard InChI is InChI=1S/C31H44N4O9S/c1-6-10-27(36)28(37)25(17-22-11-8-7-9-12-22)33-29(38)26(34-30(39)44-31(3,42-4)43-5)18-23-19-35(20-32-23)45(40,41)24-15-13-21(2)14-16-24/h13-16,19-20,22,25-26H,6-12,17-18H2,1-5H3,(H,33,38)(H,34,39)/t25-,26-/m0/s1.